The van der Waals surface area contributed by atoms with Crippen molar-refractivity contribution in [3.8, 4) is 0 Å². The summed E-state index contributed by atoms with van der Waals surface area (Å²) in [4.78, 5) is 16.5. The monoisotopic (exact) mass is 179 g/mol. The summed E-state index contributed by atoms with van der Waals surface area (Å²) >= 11 is 0. The summed E-state index contributed by atoms with van der Waals surface area (Å²) in [5, 5.41) is 0. The second-order valence-corrected chi connectivity index (χ2v) is 2.90. The molecule has 3 heteroatoms. The second-order valence-electron chi connectivity index (χ2n) is 2.90. The van der Waals surface area contributed by atoms with Crippen LogP contribution in [0.15, 0.2) is 24.5 Å². The van der Waals surface area contributed by atoms with E-state index in [0.717, 1.165) is 4.90 Å². The van der Waals surface area contributed by atoms with Crippen LogP contribution in [-0.4, -0.2) is 22.8 Å². The molecule has 1 atom stereocenters. The fraction of sp³-hybridized carbons (Fsp3) is 0.400. The Morgan fingerprint density at radius 1 is 1.85 bits per heavy atom. The van der Waals surface area contributed by atoms with Crippen molar-refractivity contribution < 1.29 is 8.91 Å². The topological polar surface area (TPSA) is 33.2 Å². The predicted molar refractivity (Wildman–Crippen MR) is 49.0 cm³/mol. The average Bonchev–Trinajstić information content (AvgIpc) is 2.41. The van der Waals surface area contributed by atoms with Crippen LogP contribution in [0.1, 0.15) is 28.5 Å². The lowest BCUT2D eigenvalue weighted by Crippen LogP contribution is -2.22. The highest BCUT2D eigenvalue weighted by atomic mass is 16.2. The fourth-order valence-corrected chi connectivity index (χ4v) is 1.32. The largest absolute Gasteiger partial charge is 0.339 e. The molecule has 1 aliphatic heterocycles. The maximum Gasteiger partial charge on any atom is 0.222 e. The zero-order valence-corrected chi connectivity index (χ0v) is 7.32. The van der Waals surface area contributed by atoms with Crippen molar-refractivity contribution in [3.63, 3.8) is 0 Å². The number of amides is 1. The highest BCUT2D eigenvalue weighted by Gasteiger charge is 2.28. The van der Waals surface area contributed by atoms with Gasteiger partial charge in [0, 0.05) is 28.6 Å². The van der Waals surface area contributed by atoms with Gasteiger partial charge in [-0.3, -0.25) is 9.78 Å². The minimum Gasteiger partial charge on any atom is -0.339 e. The number of likely N-dealkylation sites (tertiary alicyclic amines) is 1. The summed E-state index contributed by atoms with van der Waals surface area (Å²) in [6, 6.07) is 1.57. The van der Waals surface area contributed by atoms with Crippen LogP contribution >= 0.6 is 0 Å². The van der Waals surface area contributed by atoms with E-state index in [1.165, 1.54) is 13.2 Å². The molecule has 1 aliphatic rings. The van der Waals surface area contributed by atoms with Crippen LogP contribution in [-0.2, 0) is 4.79 Å². The molecular weight excluding hydrogens is 164 g/mol. The van der Waals surface area contributed by atoms with Crippen molar-refractivity contribution in [1.29, 1.82) is 0 Å². The molecule has 0 aromatic carbocycles. The lowest BCUT2D eigenvalue weighted by Gasteiger charge is -2.19. The van der Waals surface area contributed by atoms with E-state index in [0.29, 0.717) is 5.56 Å². The van der Waals surface area contributed by atoms with Gasteiger partial charge in [0.05, 0.1) is 7.39 Å². The van der Waals surface area contributed by atoms with Crippen molar-refractivity contribution in [2.45, 2.75) is 18.8 Å². The van der Waals surface area contributed by atoms with E-state index in [1.54, 1.807) is 18.3 Å². The standard InChI is InChI=1S/C10H12N2O/c1-12-9(4-5-10(12)13)8-3-2-6-11-7-8/h2-3,6-7,9H,4-5H2,1H3/t9-/m0/s1/i4D2,9D. The molecule has 1 fully saturated rings. The van der Waals surface area contributed by atoms with Crippen LogP contribution < -0.4 is 0 Å². The van der Waals surface area contributed by atoms with Gasteiger partial charge < -0.3 is 4.90 Å². The van der Waals surface area contributed by atoms with Crippen molar-refractivity contribution in [2.75, 3.05) is 7.05 Å². The van der Waals surface area contributed by atoms with Gasteiger partial charge >= 0.3 is 0 Å². The number of aromatic nitrogens is 1. The van der Waals surface area contributed by atoms with E-state index in [4.69, 9.17) is 4.11 Å². The molecule has 1 aromatic heterocycles. The summed E-state index contributed by atoms with van der Waals surface area (Å²) in [7, 11) is 1.45. The number of rotatable bonds is 1. The van der Waals surface area contributed by atoms with Gasteiger partial charge in [0.15, 0.2) is 0 Å². The first-order chi connectivity index (χ1) is 7.39. The zero-order valence-electron chi connectivity index (χ0n) is 10.3. The van der Waals surface area contributed by atoms with Gasteiger partial charge in [-0.05, 0) is 18.0 Å². The summed E-state index contributed by atoms with van der Waals surface area (Å²) in [5.74, 6) is -0.358. The third-order valence-corrected chi connectivity index (χ3v) is 2.05. The Bertz CT molecular complexity index is 423. The average molecular weight is 179 g/mol. The third-order valence-electron chi connectivity index (χ3n) is 2.05. The zero-order chi connectivity index (χ0) is 12.0. The van der Waals surface area contributed by atoms with Gasteiger partial charge in [-0.1, -0.05) is 6.07 Å². The SMILES string of the molecule is [2H]C1([2H])CC(=O)N(C)[C@]1([2H])c1cccnc1. The molecule has 0 N–H and O–H groups in total. The molecule has 68 valence electrons. The van der Waals surface area contributed by atoms with Gasteiger partial charge in [0.2, 0.25) is 5.91 Å². The van der Waals surface area contributed by atoms with Crippen molar-refractivity contribution in [1.82, 2.24) is 9.88 Å². The van der Waals surface area contributed by atoms with Crippen LogP contribution in [0.5, 0.6) is 0 Å². The van der Waals surface area contributed by atoms with Gasteiger partial charge in [-0.15, -0.1) is 0 Å². The molecule has 0 saturated carbocycles. The van der Waals surface area contributed by atoms with Crippen LogP contribution in [0.4, 0.5) is 0 Å². The Morgan fingerprint density at radius 3 is 3.23 bits per heavy atom. The van der Waals surface area contributed by atoms with Crippen LogP contribution in [0, 0.1) is 0 Å². The third kappa shape index (κ3) is 1.41. The number of nitrogens with zero attached hydrogens (tertiary/aromatic N) is 2. The molecule has 1 aromatic rings. The van der Waals surface area contributed by atoms with E-state index < -0.39 is 12.4 Å². The highest BCUT2D eigenvalue weighted by molar-refractivity contribution is 5.78. The lowest BCUT2D eigenvalue weighted by molar-refractivity contribution is -0.127. The number of hydrogen-bond acceptors (Lipinski definition) is 2. The molecule has 1 amide bonds. The first kappa shape index (κ1) is 5.37. The van der Waals surface area contributed by atoms with Gasteiger partial charge in [0.1, 0.15) is 0 Å². The number of carbonyl (C=O) groups is 1. The first-order valence-electron chi connectivity index (χ1n) is 5.57. The Labute approximate surface area is 81.6 Å². The molecule has 3 nitrogen and oxygen atoms in total. The smallest absolute Gasteiger partial charge is 0.222 e. The van der Waals surface area contributed by atoms with Gasteiger partial charge in [-0.25, -0.2) is 0 Å². The summed E-state index contributed by atoms with van der Waals surface area (Å²) in [6.07, 6.45) is 0.822. The number of hydrogen-bond donors (Lipinski definition) is 0. The first-order valence-corrected chi connectivity index (χ1v) is 4.07. The molecule has 0 spiro atoms. The second kappa shape index (κ2) is 3.17. The van der Waals surface area contributed by atoms with Crippen LogP contribution in [0.25, 0.3) is 0 Å². The van der Waals surface area contributed by atoms with Crippen molar-refractivity contribution in [3.05, 3.63) is 30.1 Å². The summed E-state index contributed by atoms with van der Waals surface area (Å²) in [6.45, 7) is 0. The predicted octanol–water partition coefficient (Wildman–Crippen LogP) is 1.37. The molecular formula is C10H12N2O. The van der Waals surface area contributed by atoms with Crippen molar-refractivity contribution >= 4 is 5.91 Å². The van der Waals surface area contributed by atoms with E-state index in [9.17, 15) is 4.79 Å². The van der Waals surface area contributed by atoms with Gasteiger partial charge in [0.25, 0.3) is 0 Å². The maximum absolute atomic E-state index is 11.5. The molecule has 13 heavy (non-hydrogen) atoms. The highest BCUT2D eigenvalue weighted by Crippen LogP contribution is 2.30. The molecule has 0 unspecified atom stereocenters. The Morgan fingerprint density at radius 2 is 2.69 bits per heavy atom. The maximum atomic E-state index is 11.5. The molecule has 0 bridgehead atoms. The normalized spacial score (nSPS) is 35.3. The minimum atomic E-state index is -1.90. The molecule has 2 rings (SSSR count). The molecule has 1 saturated heterocycles. The van der Waals surface area contributed by atoms with Crippen LogP contribution in [0.2, 0.25) is 0 Å². The minimum absolute atomic E-state index is 0.262. The van der Waals surface area contributed by atoms with Crippen molar-refractivity contribution in [2.24, 2.45) is 0 Å². The summed E-state index contributed by atoms with van der Waals surface area (Å²) < 4.78 is 23.9. The molecule has 0 aliphatic carbocycles. The Kier molecular flexibility index (Phi) is 1.31. The van der Waals surface area contributed by atoms with E-state index in [-0.39, 0.29) is 12.3 Å². The molecule has 2 heterocycles. The Balaban J connectivity index is 2.55. The molecule has 0 radical (unpaired) electrons. The van der Waals surface area contributed by atoms with E-state index in [1.807, 2.05) is 0 Å². The number of carbonyl (C=O) groups excluding carboxylic acids is 1. The van der Waals surface area contributed by atoms with Crippen LogP contribution in [0.3, 0.4) is 0 Å². The van der Waals surface area contributed by atoms with E-state index in [2.05, 4.69) is 4.98 Å². The van der Waals surface area contributed by atoms with Gasteiger partial charge in [-0.2, -0.15) is 0 Å². The quantitative estimate of drug-likeness (QED) is 0.652. The Hall–Kier alpha value is -1.38. The fourth-order valence-electron chi connectivity index (χ4n) is 1.32. The summed E-state index contributed by atoms with van der Waals surface area (Å²) in [5.41, 5.74) is 0.397. The lowest BCUT2D eigenvalue weighted by atomic mass is 10.1. The van der Waals surface area contributed by atoms with E-state index >= 15 is 0 Å². The number of pyridine rings is 1.